The van der Waals surface area contributed by atoms with Crippen molar-refractivity contribution in [3.63, 3.8) is 0 Å². The molecule has 0 spiro atoms. The van der Waals surface area contributed by atoms with Crippen LogP contribution < -0.4 is 0 Å². The summed E-state index contributed by atoms with van der Waals surface area (Å²) in [6, 6.07) is 0. The van der Waals surface area contributed by atoms with Gasteiger partial charge in [0, 0.05) is 13.7 Å². The zero-order valence-corrected chi connectivity index (χ0v) is 16.7. The first-order valence-electron chi connectivity index (χ1n) is 10.5. The Bertz CT molecular complexity index is 325. The Balaban J connectivity index is 0.00000100. The molecule has 3 heteroatoms. The van der Waals surface area contributed by atoms with Crippen LogP contribution in [-0.4, -0.2) is 50.5 Å². The Hall–Kier alpha value is -0.120. The van der Waals surface area contributed by atoms with Gasteiger partial charge < -0.3 is 14.4 Å². The summed E-state index contributed by atoms with van der Waals surface area (Å²) in [6.07, 6.45) is 12.2. The van der Waals surface area contributed by atoms with Gasteiger partial charge in [0.1, 0.15) is 0 Å². The Morgan fingerprint density at radius 1 is 0.917 bits per heavy atom. The summed E-state index contributed by atoms with van der Waals surface area (Å²) in [5.74, 6) is 0.994. The van der Waals surface area contributed by atoms with Gasteiger partial charge >= 0.3 is 0 Å². The minimum absolute atomic E-state index is 0.204. The maximum absolute atomic E-state index is 6.22. The van der Waals surface area contributed by atoms with Crippen molar-refractivity contribution < 1.29 is 9.47 Å². The second-order valence-corrected chi connectivity index (χ2v) is 8.15. The van der Waals surface area contributed by atoms with Gasteiger partial charge in [0.25, 0.3) is 0 Å². The summed E-state index contributed by atoms with van der Waals surface area (Å²) in [5.41, 5.74) is 0.820. The van der Waals surface area contributed by atoms with E-state index in [1.807, 2.05) is 13.8 Å². The van der Waals surface area contributed by atoms with Crippen molar-refractivity contribution in [2.24, 2.45) is 11.3 Å². The standard InChI is InChI=1S/C19H35NO2.C2H6/c1-3-17-4-12-20(13-5-17)16-18-6-9-19(10-7-18,11-8-18)22-15-14-21-2;1-2/h17H,3-16H2,1-2H3;1-2H3. The molecule has 0 aromatic heterocycles. The van der Waals surface area contributed by atoms with Gasteiger partial charge in [-0.2, -0.15) is 0 Å². The van der Waals surface area contributed by atoms with Crippen LogP contribution in [0.25, 0.3) is 0 Å². The molecule has 0 amide bonds. The Morgan fingerprint density at radius 2 is 1.50 bits per heavy atom. The maximum Gasteiger partial charge on any atom is 0.0707 e. The summed E-state index contributed by atoms with van der Waals surface area (Å²) >= 11 is 0. The lowest BCUT2D eigenvalue weighted by atomic mass is 9.58. The molecule has 4 rings (SSSR count). The second kappa shape index (κ2) is 9.54. The van der Waals surface area contributed by atoms with Gasteiger partial charge in [-0.1, -0.05) is 27.2 Å². The number of fused-ring (bicyclic) bond motifs is 3. The van der Waals surface area contributed by atoms with Gasteiger partial charge in [0.2, 0.25) is 0 Å². The van der Waals surface area contributed by atoms with E-state index < -0.39 is 0 Å². The fraction of sp³-hybridized carbons (Fsp3) is 1.00. The van der Waals surface area contributed by atoms with Gasteiger partial charge in [0.15, 0.2) is 0 Å². The highest BCUT2D eigenvalue weighted by Crippen LogP contribution is 2.54. The van der Waals surface area contributed by atoms with Crippen LogP contribution in [0.5, 0.6) is 0 Å². The molecule has 0 N–H and O–H groups in total. The van der Waals surface area contributed by atoms with Crippen molar-refractivity contribution in [2.45, 2.75) is 84.2 Å². The summed E-state index contributed by atoms with van der Waals surface area (Å²) in [4.78, 5) is 2.77. The number of ether oxygens (including phenoxy) is 2. The predicted octanol–water partition coefficient (Wildman–Crippen LogP) is 4.89. The molecule has 0 aromatic carbocycles. The first-order chi connectivity index (χ1) is 11.7. The number of nitrogens with zero attached hydrogens (tertiary/aromatic N) is 1. The minimum atomic E-state index is 0.204. The molecule has 1 aliphatic heterocycles. The number of likely N-dealkylation sites (tertiary alicyclic amines) is 1. The van der Waals surface area contributed by atoms with E-state index in [9.17, 15) is 0 Å². The Morgan fingerprint density at radius 3 is 2.00 bits per heavy atom. The average molecular weight is 340 g/mol. The highest BCUT2D eigenvalue weighted by molar-refractivity contribution is 5.02. The zero-order valence-electron chi connectivity index (χ0n) is 16.7. The van der Waals surface area contributed by atoms with Crippen molar-refractivity contribution in [1.29, 1.82) is 0 Å². The molecule has 1 heterocycles. The molecule has 3 nitrogen and oxygen atoms in total. The molecule has 3 aliphatic carbocycles. The summed E-state index contributed by atoms with van der Waals surface area (Å²) in [6.45, 7) is 11.9. The summed E-state index contributed by atoms with van der Waals surface area (Å²) < 4.78 is 11.4. The number of hydrogen-bond acceptors (Lipinski definition) is 3. The average Bonchev–Trinajstić information content (AvgIpc) is 2.66. The highest BCUT2D eigenvalue weighted by Gasteiger charge is 2.49. The molecule has 4 fully saturated rings. The van der Waals surface area contributed by atoms with Crippen molar-refractivity contribution >= 4 is 0 Å². The van der Waals surface area contributed by atoms with E-state index in [1.54, 1.807) is 7.11 Å². The van der Waals surface area contributed by atoms with Crippen LogP contribution in [0.4, 0.5) is 0 Å². The number of rotatable bonds is 7. The lowest BCUT2D eigenvalue weighted by molar-refractivity contribution is -0.148. The Kier molecular flexibility index (Phi) is 8.03. The smallest absolute Gasteiger partial charge is 0.0707 e. The quantitative estimate of drug-likeness (QED) is 0.616. The number of piperidine rings is 1. The van der Waals surface area contributed by atoms with Crippen LogP contribution >= 0.6 is 0 Å². The highest BCUT2D eigenvalue weighted by atomic mass is 16.5. The van der Waals surface area contributed by atoms with Crippen molar-refractivity contribution in [3.8, 4) is 0 Å². The fourth-order valence-electron chi connectivity index (χ4n) is 5.05. The van der Waals surface area contributed by atoms with E-state index in [0.29, 0.717) is 5.41 Å². The molecule has 0 aromatic rings. The van der Waals surface area contributed by atoms with Crippen LogP contribution in [0, 0.1) is 11.3 Å². The fourth-order valence-corrected chi connectivity index (χ4v) is 5.05. The van der Waals surface area contributed by atoms with E-state index in [0.717, 1.165) is 19.1 Å². The van der Waals surface area contributed by atoms with Crippen LogP contribution in [0.1, 0.15) is 78.6 Å². The Labute approximate surface area is 150 Å². The molecule has 3 saturated carbocycles. The topological polar surface area (TPSA) is 21.7 Å². The van der Waals surface area contributed by atoms with Gasteiger partial charge in [0.05, 0.1) is 18.8 Å². The zero-order chi connectivity index (χ0) is 17.5. The largest absolute Gasteiger partial charge is 0.382 e. The predicted molar refractivity (Wildman–Crippen MR) is 101 cm³/mol. The van der Waals surface area contributed by atoms with Gasteiger partial charge in [-0.25, -0.2) is 0 Å². The van der Waals surface area contributed by atoms with Crippen molar-refractivity contribution in [2.75, 3.05) is 40.0 Å². The molecule has 142 valence electrons. The van der Waals surface area contributed by atoms with E-state index in [4.69, 9.17) is 9.47 Å². The molecule has 24 heavy (non-hydrogen) atoms. The van der Waals surface area contributed by atoms with Gasteiger partial charge in [-0.15, -0.1) is 0 Å². The maximum atomic E-state index is 6.22. The van der Waals surface area contributed by atoms with Gasteiger partial charge in [-0.05, 0) is 75.8 Å². The first kappa shape index (κ1) is 20.2. The minimum Gasteiger partial charge on any atom is -0.382 e. The van der Waals surface area contributed by atoms with E-state index in [2.05, 4.69) is 11.8 Å². The van der Waals surface area contributed by atoms with Crippen molar-refractivity contribution in [3.05, 3.63) is 0 Å². The molecule has 2 bridgehead atoms. The lowest BCUT2D eigenvalue weighted by Crippen LogP contribution is -2.52. The molecule has 0 radical (unpaired) electrons. The summed E-state index contributed by atoms with van der Waals surface area (Å²) in [5, 5.41) is 0. The van der Waals surface area contributed by atoms with Crippen molar-refractivity contribution in [1.82, 2.24) is 4.90 Å². The molecular formula is C21H41NO2. The van der Waals surface area contributed by atoms with Crippen LogP contribution in [-0.2, 0) is 9.47 Å². The van der Waals surface area contributed by atoms with E-state index >= 15 is 0 Å². The first-order valence-corrected chi connectivity index (χ1v) is 10.5. The molecule has 0 unspecified atom stereocenters. The number of hydrogen-bond donors (Lipinski definition) is 0. The monoisotopic (exact) mass is 339 g/mol. The number of methoxy groups -OCH3 is 1. The normalized spacial score (nSPS) is 34.0. The molecule has 4 aliphatic rings. The van der Waals surface area contributed by atoms with Crippen LogP contribution in [0.15, 0.2) is 0 Å². The molecular weight excluding hydrogens is 298 g/mol. The molecule has 0 atom stereocenters. The third-order valence-corrected chi connectivity index (χ3v) is 6.87. The van der Waals surface area contributed by atoms with Crippen LogP contribution in [0.3, 0.4) is 0 Å². The molecule has 1 saturated heterocycles. The lowest BCUT2D eigenvalue weighted by Gasteiger charge is -2.54. The SMILES string of the molecule is CC.CCC1CCN(CC23CCC(OCCOC)(CC2)CC3)CC1. The third-order valence-electron chi connectivity index (χ3n) is 6.87. The third kappa shape index (κ3) is 4.95. The van der Waals surface area contributed by atoms with E-state index in [1.165, 1.54) is 77.4 Å². The second-order valence-electron chi connectivity index (χ2n) is 8.15. The van der Waals surface area contributed by atoms with E-state index in [-0.39, 0.29) is 5.60 Å². The van der Waals surface area contributed by atoms with Crippen LogP contribution in [0.2, 0.25) is 0 Å². The van der Waals surface area contributed by atoms with Gasteiger partial charge in [-0.3, -0.25) is 0 Å². The summed E-state index contributed by atoms with van der Waals surface area (Å²) in [7, 11) is 1.76.